The molecular weight excluding hydrogens is 308 g/mol. The van der Waals surface area contributed by atoms with Crippen LogP contribution in [0.15, 0.2) is 30.5 Å². The lowest BCUT2D eigenvalue weighted by atomic mass is 10.1. The summed E-state index contributed by atoms with van der Waals surface area (Å²) in [7, 11) is 0. The van der Waals surface area contributed by atoms with Gasteiger partial charge in [0.2, 0.25) is 0 Å². The van der Waals surface area contributed by atoms with Crippen molar-refractivity contribution in [1.29, 1.82) is 0 Å². The number of nitrogens with one attached hydrogen (secondary N) is 1. The van der Waals surface area contributed by atoms with Crippen LogP contribution < -0.4 is 5.32 Å². The Bertz CT molecular complexity index is 628. The zero-order chi connectivity index (χ0) is 15.4. The molecule has 112 valence electrons. The predicted octanol–water partition coefficient (Wildman–Crippen LogP) is 3.21. The molecule has 1 unspecified atom stereocenters. The van der Waals surface area contributed by atoms with Gasteiger partial charge in [0.05, 0.1) is 17.3 Å². The quantitative estimate of drug-likeness (QED) is 0.887. The minimum atomic E-state index is -0.551. The van der Waals surface area contributed by atoms with Crippen LogP contribution in [0.5, 0.6) is 0 Å². The second-order valence-corrected chi connectivity index (χ2v) is 6.47. The van der Waals surface area contributed by atoms with Crippen LogP contribution >= 0.6 is 22.9 Å². The Morgan fingerprint density at radius 2 is 2.14 bits per heavy atom. The van der Waals surface area contributed by atoms with Crippen LogP contribution in [0.4, 0.5) is 0 Å². The summed E-state index contributed by atoms with van der Waals surface area (Å²) in [5, 5.41) is 13.7. The number of hydrogen-bond donors (Lipinski definition) is 2. The number of benzene rings is 1. The Kier molecular flexibility index (Phi) is 5.33. The van der Waals surface area contributed by atoms with Gasteiger partial charge in [0.15, 0.2) is 0 Å². The molecule has 1 heterocycles. The molecule has 0 spiro atoms. The summed E-state index contributed by atoms with van der Waals surface area (Å²) in [6.45, 7) is 4.04. The minimum absolute atomic E-state index is 0.102. The zero-order valence-electron chi connectivity index (χ0n) is 11.8. The van der Waals surface area contributed by atoms with Gasteiger partial charge in [-0.3, -0.25) is 4.79 Å². The molecule has 0 saturated carbocycles. The van der Waals surface area contributed by atoms with Crippen molar-refractivity contribution in [3.63, 3.8) is 0 Å². The van der Waals surface area contributed by atoms with Crippen molar-refractivity contribution in [3.8, 4) is 10.6 Å². The van der Waals surface area contributed by atoms with Gasteiger partial charge >= 0.3 is 0 Å². The SMILES string of the molecule is CC(C)C(O)CNC(=O)c1cnc(-c2ccccc2Cl)s1. The van der Waals surface area contributed by atoms with Gasteiger partial charge in [0, 0.05) is 12.1 Å². The number of rotatable bonds is 5. The number of nitrogens with zero attached hydrogens (tertiary/aromatic N) is 1. The smallest absolute Gasteiger partial charge is 0.263 e. The molecule has 0 radical (unpaired) electrons. The molecule has 0 bridgehead atoms. The third kappa shape index (κ3) is 4.03. The number of carbonyl (C=O) groups excluding carboxylic acids is 1. The van der Waals surface area contributed by atoms with Gasteiger partial charge in [-0.2, -0.15) is 0 Å². The summed E-state index contributed by atoms with van der Waals surface area (Å²) < 4.78 is 0. The van der Waals surface area contributed by atoms with E-state index in [4.69, 9.17) is 11.6 Å². The molecule has 1 aromatic carbocycles. The average Bonchev–Trinajstić information content (AvgIpc) is 2.94. The third-order valence-corrected chi connectivity index (χ3v) is 4.43. The number of halogens is 1. The van der Waals surface area contributed by atoms with Crippen LogP contribution in [0.25, 0.3) is 10.6 Å². The number of aliphatic hydroxyl groups is 1. The van der Waals surface area contributed by atoms with E-state index in [1.165, 1.54) is 17.5 Å². The first-order valence-corrected chi connectivity index (χ1v) is 7.85. The second-order valence-electron chi connectivity index (χ2n) is 5.03. The highest BCUT2D eigenvalue weighted by Gasteiger charge is 2.15. The van der Waals surface area contributed by atoms with E-state index in [1.54, 1.807) is 6.07 Å². The molecule has 6 heteroatoms. The Morgan fingerprint density at radius 1 is 1.43 bits per heavy atom. The van der Waals surface area contributed by atoms with Crippen LogP contribution in [-0.2, 0) is 0 Å². The van der Waals surface area contributed by atoms with E-state index in [1.807, 2.05) is 32.0 Å². The Hall–Kier alpha value is -1.43. The minimum Gasteiger partial charge on any atom is -0.391 e. The summed E-state index contributed by atoms with van der Waals surface area (Å²) >= 11 is 7.40. The van der Waals surface area contributed by atoms with Crippen molar-refractivity contribution >= 4 is 28.8 Å². The van der Waals surface area contributed by atoms with E-state index < -0.39 is 6.10 Å². The standard InChI is InChI=1S/C15H17ClN2O2S/c1-9(2)12(19)7-17-14(20)13-8-18-15(21-13)10-5-3-4-6-11(10)16/h3-6,8-9,12,19H,7H2,1-2H3,(H,17,20). The first-order chi connectivity index (χ1) is 9.99. The maximum absolute atomic E-state index is 12.0. The summed E-state index contributed by atoms with van der Waals surface area (Å²) in [6.07, 6.45) is 0.977. The van der Waals surface area contributed by atoms with Crippen LogP contribution in [0.3, 0.4) is 0 Å². The molecule has 1 amide bonds. The Labute approximate surface area is 132 Å². The third-order valence-electron chi connectivity index (χ3n) is 3.08. The van der Waals surface area contributed by atoms with E-state index >= 15 is 0 Å². The molecule has 0 aliphatic carbocycles. The first-order valence-electron chi connectivity index (χ1n) is 6.66. The van der Waals surface area contributed by atoms with Crippen molar-refractivity contribution in [2.24, 2.45) is 5.92 Å². The fourth-order valence-electron chi connectivity index (χ4n) is 1.66. The zero-order valence-corrected chi connectivity index (χ0v) is 13.4. The molecule has 1 aromatic heterocycles. The van der Waals surface area contributed by atoms with Crippen LogP contribution in [-0.4, -0.2) is 28.6 Å². The highest BCUT2D eigenvalue weighted by Crippen LogP contribution is 2.30. The van der Waals surface area contributed by atoms with Gasteiger partial charge in [0.25, 0.3) is 5.91 Å². The molecule has 0 fully saturated rings. The lowest BCUT2D eigenvalue weighted by Gasteiger charge is -2.14. The molecule has 21 heavy (non-hydrogen) atoms. The summed E-state index contributed by atoms with van der Waals surface area (Å²) in [5.41, 5.74) is 0.811. The molecule has 0 aliphatic heterocycles. The lowest BCUT2D eigenvalue weighted by molar-refractivity contribution is 0.0875. The van der Waals surface area contributed by atoms with E-state index in [-0.39, 0.29) is 18.4 Å². The summed E-state index contributed by atoms with van der Waals surface area (Å²) in [4.78, 5) is 16.8. The maximum Gasteiger partial charge on any atom is 0.263 e. The van der Waals surface area contributed by atoms with Crippen LogP contribution in [0.2, 0.25) is 5.02 Å². The van der Waals surface area contributed by atoms with Gasteiger partial charge < -0.3 is 10.4 Å². The van der Waals surface area contributed by atoms with E-state index in [0.29, 0.717) is 14.9 Å². The number of amides is 1. The number of carbonyl (C=O) groups is 1. The van der Waals surface area contributed by atoms with Crippen molar-refractivity contribution < 1.29 is 9.90 Å². The maximum atomic E-state index is 12.0. The van der Waals surface area contributed by atoms with Gasteiger partial charge in [-0.25, -0.2) is 4.98 Å². The fourth-order valence-corrected chi connectivity index (χ4v) is 2.81. The molecule has 0 aliphatic rings. The van der Waals surface area contributed by atoms with Crippen molar-refractivity contribution in [1.82, 2.24) is 10.3 Å². The molecular formula is C15H17ClN2O2S. The van der Waals surface area contributed by atoms with Gasteiger partial charge in [-0.1, -0.05) is 43.6 Å². The average molecular weight is 325 g/mol. The van der Waals surface area contributed by atoms with Gasteiger partial charge in [0.1, 0.15) is 9.88 Å². The second kappa shape index (κ2) is 7.02. The van der Waals surface area contributed by atoms with Crippen molar-refractivity contribution in [3.05, 3.63) is 40.4 Å². The molecule has 2 aromatic rings. The summed E-state index contributed by atoms with van der Waals surface area (Å²) in [6, 6.07) is 7.38. The van der Waals surface area contributed by atoms with Crippen molar-refractivity contribution in [2.45, 2.75) is 20.0 Å². The normalized spacial score (nSPS) is 12.4. The topological polar surface area (TPSA) is 62.2 Å². The molecule has 2 N–H and O–H groups in total. The molecule has 0 saturated heterocycles. The molecule has 4 nitrogen and oxygen atoms in total. The Balaban J connectivity index is 2.06. The monoisotopic (exact) mass is 324 g/mol. The van der Waals surface area contributed by atoms with Crippen LogP contribution in [0.1, 0.15) is 23.5 Å². The van der Waals surface area contributed by atoms with Crippen molar-refractivity contribution in [2.75, 3.05) is 6.54 Å². The van der Waals surface area contributed by atoms with Gasteiger partial charge in [-0.15, -0.1) is 11.3 Å². The number of aromatic nitrogens is 1. The number of thiazole rings is 1. The van der Waals surface area contributed by atoms with Crippen LogP contribution in [0, 0.1) is 5.92 Å². The van der Waals surface area contributed by atoms with E-state index in [0.717, 1.165) is 5.56 Å². The highest BCUT2D eigenvalue weighted by atomic mass is 35.5. The lowest BCUT2D eigenvalue weighted by Crippen LogP contribution is -2.34. The summed E-state index contributed by atoms with van der Waals surface area (Å²) in [5.74, 6) is -0.129. The first kappa shape index (κ1) is 15.9. The largest absolute Gasteiger partial charge is 0.391 e. The highest BCUT2D eigenvalue weighted by molar-refractivity contribution is 7.17. The number of hydrogen-bond acceptors (Lipinski definition) is 4. The van der Waals surface area contributed by atoms with E-state index in [9.17, 15) is 9.90 Å². The molecule has 1 atom stereocenters. The van der Waals surface area contributed by atoms with Gasteiger partial charge in [-0.05, 0) is 12.0 Å². The fraction of sp³-hybridized carbons (Fsp3) is 0.333. The molecule has 2 rings (SSSR count). The predicted molar refractivity (Wildman–Crippen MR) is 85.7 cm³/mol. The number of aliphatic hydroxyl groups excluding tert-OH is 1. The van der Waals surface area contributed by atoms with E-state index in [2.05, 4.69) is 10.3 Å². The Morgan fingerprint density at radius 3 is 2.81 bits per heavy atom.